The molecule has 0 saturated carbocycles. The summed E-state index contributed by atoms with van der Waals surface area (Å²) >= 11 is 0. The first kappa shape index (κ1) is 19.7. The minimum Gasteiger partial charge on any atom is -0.494 e. The van der Waals surface area contributed by atoms with Crippen molar-refractivity contribution >= 4 is 7.60 Å². The summed E-state index contributed by atoms with van der Waals surface area (Å²) in [5.41, 5.74) is 1.75. The normalized spacial score (nSPS) is 14.1. The first-order valence-corrected chi connectivity index (χ1v) is 10.4. The van der Waals surface area contributed by atoms with E-state index in [-0.39, 0.29) is 5.92 Å². The topological polar surface area (TPSA) is 66.8 Å². The van der Waals surface area contributed by atoms with E-state index in [0.717, 1.165) is 24.2 Å². The standard InChI is InChI=1S/C20H27O4P/c1-16(15-17(2)25(21,22)23)19-10-12-20(13-11-19)24-14-6-9-18-7-4-3-5-8-18/h3-5,7-8,10-13,16-17H,6,9,14-15H2,1-2H3,(H2,21,22,23)/t16-,17?/m1/s1. The van der Waals surface area contributed by atoms with Gasteiger partial charge in [-0.1, -0.05) is 56.3 Å². The van der Waals surface area contributed by atoms with E-state index < -0.39 is 13.3 Å². The molecular formula is C20H27O4P. The van der Waals surface area contributed by atoms with E-state index in [1.54, 1.807) is 6.92 Å². The molecule has 136 valence electrons. The lowest BCUT2D eigenvalue weighted by Gasteiger charge is -2.19. The molecule has 0 amide bonds. The van der Waals surface area contributed by atoms with Crippen LogP contribution < -0.4 is 4.74 Å². The molecule has 0 bridgehead atoms. The summed E-state index contributed by atoms with van der Waals surface area (Å²) < 4.78 is 17.0. The van der Waals surface area contributed by atoms with Gasteiger partial charge < -0.3 is 14.5 Å². The van der Waals surface area contributed by atoms with Gasteiger partial charge in [0.15, 0.2) is 0 Å². The average molecular weight is 362 g/mol. The van der Waals surface area contributed by atoms with E-state index in [2.05, 4.69) is 12.1 Å². The second-order valence-electron chi connectivity index (χ2n) is 6.58. The first-order valence-electron chi connectivity index (χ1n) is 8.68. The number of rotatable bonds is 9. The highest BCUT2D eigenvalue weighted by molar-refractivity contribution is 7.52. The Hall–Kier alpha value is -1.61. The smallest absolute Gasteiger partial charge is 0.328 e. The fourth-order valence-corrected chi connectivity index (χ4v) is 3.38. The van der Waals surface area contributed by atoms with Gasteiger partial charge in [-0.05, 0) is 48.4 Å². The van der Waals surface area contributed by atoms with Crippen LogP contribution in [0.4, 0.5) is 0 Å². The van der Waals surface area contributed by atoms with Crippen LogP contribution in [-0.4, -0.2) is 22.1 Å². The molecule has 5 heteroatoms. The zero-order valence-corrected chi connectivity index (χ0v) is 15.7. The van der Waals surface area contributed by atoms with Crippen molar-refractivity contribution in [2.75, 3.05) is 6.61 Å². The Morgan fingerprint density at radius 2 is 1.64 bits per heavy atom. The minimum absolute atomic E-state index is 0.0924. The second kappa shape index (κ2) is 9.19. The Morgan fingerprint density at radius 1 is 1.00 bits per heavy atom. The molecule has 0 aromatic heterocycles. The van der Waals surface area contributed by atoms with E-state index >= 15 is 0 Å². The Bertz CT molecular complexity index is 679. The maximum absolute atomic E-state index is 11.3. The molecule has 0 saturated heterocycles. The average Bonchev–Trinajstić information content (AvgIpc) is 2.59. The fraction of sp³-hybridized carbons (Fsp3) is 0.400. The van der Waals surface area contributed by atoms with E-state index in [4.69, 9.17) is 4.74 Å². The van der Waals surface area contributed by atoms with Crippen LogP contribution in [0.5, 0.6) is 5.75 Å². The van der Waals surface area contributed by atoms with E-state index in [0.29, 0.717) is 13.0 Å². The van der Waals surface area contributed by atoms with E-state index in [1.807, 2.05) is 49.4 Å². The summed E-state index contributed by atoms with van der Waals surface area (Å²) in [4.78, 5) is 18.4. The quantitative estimate of drug-likeness (QED) is 0.499. The number of benzene rings is 2. The number of ether oxygens (including phenoxy) is 1. The van der Waals surface area contributed by atoms with Crippen LogP contribution in [0, 0.1) is 0 Å². The van der Waals surface area contributed by atoms with Gasteiger partial charge in [0.1, 0.15) is 5.75 Å². The van der Waals surface area contributed by atoms with Crippen molar-refractivity contribution < 1.29 is 19.1 Å². The predicted molar refractivity (Wildman–Crippen MR) is 101 cm³/mol. The van der Waals surface area contributed by atoms with Gasteiger partial charge in [0.2, 0.25) is 0 Å². The molecule has 1 unspecified atom stereocenters. The van der Waals surface area contributed by atoms with Crippen molar-refractivity contribution in [1.82, 2.24) is 0 Å². The van der Waals surface area contributed by atoms with Crippen LogP contribution in [0.1, 0.15) is 43.7 Å². The molecule has 0 aliphatic rings. The third-order valence-corrected chi connectivity index (χ3v) is 5.80. The molecule has 0 heterocycles. The lowest BCUT2D eigenvalue weighted by molar-refractivity contribution is 0.311. The molecule has 2 N–H and O–H groups in total. The van der Waals surface area contributed by atoms with Gasteiger partial charge in [0, 0.05) is 0 Å². The molecule has 0 radical (unpaired) electrons. The first-order chi connectivity index (χ1) is 11.9. The van der Waals surface area contributed by atoms with Crippen LogP contribution in [0.25, 0.3) is 0 Å². The molecule has 0 aliphatic carbocycles. The van der Waals surface area contributed by atoms with Crippen LogP contribution in [0.15, 0.2) is 54.6 Å². The molecule has 4 nitrogen and oxygen atoms in total. The second-order valence-corrected chi connectivity index (χ2v) is 8.64. The maximum atomic E-state index is 11.3. The van der Waals surface area contributed by atoms with Gasteiger partial charge in [-0.25, -0.2) is 0 Å². The molecule has 0 aliphatic heterocycles. The predicted octanol–water partition coefficient (Wildman–Crippen LogP) is 4.76. The highest BCUT2D eigenvalue weighted by atomic mass is 31.2. The lowest BCUT2D eigenvalue weighted by Crippen LogP contribution is -2.08. The largest absolute Gasteiger partial charge is 0.494 e. The summed E-state index contributed by atoms with van der Waals surface area (Å²) in [7, 11) is -4.01. The number of hydrogen-bond acceptors (Lipinski definition) is 2. The summed E-state index contributed by atoms with van der Waals surface area (Å²) in [6.07, 6.45) is 2.42. The zero-order valence-electron chi connectivity index (χ0n) is 14.8. The lowest BCUT2D eigenvalue weighted by atomic mass is 9.96. The van der Waals surface area contributed by atoms with Crippen molar-refractivity contribution in [3.63, 3.8) is 0 Å². The van der Waals surface area contributed by atoms with Gasteiger partial charge in [-0.2, -0.15) is 0 Å². The zero-order chi connectivity index (χ0) is 18.3. The summed E-state index contributed by atoms with van der Waals surface area (Å²) in [6.45, 7) is 4.25. The molecule has 2 aromatic rings. The Labute approximate surface area is 150 Å². The van der Waals surface area contributed by atoms with E-state index in [1.165, 1.54) is 5.56 Å². The van der Waals surface area contributed by atoms with Gasteiger partial charge >= 0.3 is 7.60 Å². The molecular weight excluding hydrogens is 335 g/mol. The van der Waals surface area contributed by atoms with Crippen molar-refractivity contribution in [3.05, 3.63) is 65.7 Å². The Balaban J connectivity index is 1.78. The van der Waals surface area contributed by atoms with Gasteiger partial charge in [0.05, 0.1) is 12.3 Å². The number of aryl methyl sites for hydroxylation is 1. The monoisotopic (exact) mass is 362 g/mol. The van der Waals surface area contributed by atoms with Crippen LogP contribution in [0.3, 0.4) is 0 Å². The highest BCUT2D eigenvalue weighted by Crippen LogP contribution is 2.45. The molecule has 2 aromatic carbocycles. The molecule has 2 rings (SSSR count). The third kappa shape index (κ3) is 6.66. The van der Waals surface area contributed by atoms with Crippen LogP contribution in [0.2, 0.25) is 0 Å². The Kier molecular flexibility index (Phi) is 7.24. The minimum atomic E-state index is -4.01. The van der Waals surface area contributed by atoms with Crippen molar-refractivity contribution in [2.45, 2.75) is 44.7 Å². The van der Waals surface area contributed by atoms with Crippen molar-refractivity contribution in [2.24, 2.45) is 0 Å². The number of hydrogen-bond donors (Lipinski definition) is 2. The van der Waals surface area contributed by atoms with Gasteiger partial charge in [-0.15, -0.1) is 0 Å². The van der Waals surface area contributed by atoms with Crippen molar-refractivity contribution in [1.29, 1.82) is 0 Å². The molecule has 0 fully saturated rings. The molecule has 2 atom stereocenters. The SMILES string of the molecule is CC(C[C@@H](C)c1ccc(OCCCc2ccccc2)cc1)P(=O)(O)O. The molecule has 25 heavy (non-hydrogen) atoms. The highest BCUT2D eigenvalue weighted by Gasteiger charge is 2.25. The fourth-order valence-electron chi connectivity index (χ4n) is 2.79. The van der Waals surface area contributed by atoms with Gasteiger partial charge in [0.25, 0.3) is 0 Å². The Morgan fingerprint density at radius 3 is 2.24 bits per heavy atom. The van der Waals surface area contributed by atoms with Crippen LogP contribution in [-0.2, 0) is 11.0 Å². The summed E-state index contributed by atoms with van der Waals surface area (Å²) in [6, 6.07) is 18.2. The summed E-state index contributed by atoms with van der Waals surface area (Å²) in [5, 5.41) is 0. The van der Waals surface area contributed by atoms with Crippen LogP contribution >= 0.6 is 7.60 Å². The molecule has 0 spiro atoms. The third-order valence-electron chi connectivity index (χ3n) is 4.44. The van der Waals surface area contributed by atoms with Gasteiger partial charge in [-0.3, -0.25) is 4.57 Å². The summed E-state index contributed by atoms with van der Waals surface area (Å²) in [5.74, 6) is 0.918. The van der Waals surface area contributed by atoms with E-state index in [9.17, 15) is 14.4 Å². The van der Waals surface area contributed by atoms with Crippen molar-refractivity contribution in [3.8, 4) is 5.75 Å². The maximum Gasteiger partial charge on any atom is 0.328 e.